The van der Waals surface area contributed by atoms with Crippen molar-refractivity contribution in [1.82, 2.24) is 0 Å². The Morgan fingerprint density at radius 2 is 1.63 bits per heavy atom. The number of allylic oxidation sites excluding steroid dienone is 4. The third-order valence-corrected chi connectivity index (χ3v) is 4.12. The van der Waals surface area contributed by atoms with Gasteiger partial charge in [-0.2, -0.15) is 0 Å². The minimum absolute atomic E-state index is 0. The molecule has 0 bridgehead atoms. The lowest BCUT2D eigenvalue weighted by molar-refractivity contribution is 0.318. The fourth-order valence-electron chi connectivity index (χ4n) is 2.15. The normalized spacial score (nSPS) is 15.6. The number of unbranched alkanes of at least 4 members (excludes halogenated alkanes) is 1. The highest BCUT2D eigenvalue weighted by Crippen LogP contribution is 2.26. The van der Waals surface area contributed by atoms with Crippen LogP contribution in [0.25, 0.3) is 0 Å². The van der Waals surface area contributed by atoms with Gasteiger partial charge in [0.1, 0.15) is 0 Å². The predicted molar refractivity (Wildman–Crippen MR) is 87.2 cm³/mol. The summed E-state index contributed by atoms with van der Waals surface area (Å²) in [6.45, 7) is 17.2. The van der Waals surface area contributed by atoms with E-state index in [9.17, 15) is 0 Å². The first-order valence-corrected chi connectivity index (χ1v) is 7.50. The van der Waals surface area contributed by atoms with Gasteiger partial charge in [-0.1, -0.05) is 83.9 Å². The Labute approximate surface area is 120 Å². The van der Waals surface area contributed by atoms with Crippen LogP contribution in [0.4, 0.5) is 4.70 Å². The lowest BCUT2D eigenvalue weighted by Crippen LogP contribution is -2.10. The first kappa shape index (κ1) is 20.5. The summed E-state index contributed by atoms with van der Waals surface area (Å²) in [5.74, 6) is 2.27. The van der Waals surface area contributed by atoms with Crippen molar-refractivity contribution in [2.24, 2.45) is 17.8 Å². The van der Waals surface area contributed by atoms with Crippen molar-refractivity contribution in [1.29, 1.82) is 0 Å². The fourth-order valence-corrected chi connectivity index (χ4v) is 2.15. The van der Waals surface area contributed by atoms with Crippen LogP contribution in [0, 0.1) is 17.8 Å². The molecule has 0 heterocycles. The molecule has 0 aromatic heterocycles. The molecule has 0 spiro atoms. The highest BCUT2D eigenvalue weighted by Gasteiger charge is 2.13. The van der Waals surface area contributed by atoms with Crippen molar-refractivity contribution in [3.8, 4) is 0 Å². The van der Waals surface area contributed by atoms with E-state index < -0.39 is 0 Å². The zero-order chi connectivity index (χ0) is 14.0. The molecule has 0 aromatic carbocycles. The van der Waals surface area contributed by atoms with E-state index in [4.69, 9.17) is 0 Å². The maximum Gasteiger partial charge on any atom is -0.0196 e. The molecule has 0 radical (unpaired) electrons. The third-order valence-electron chi connectivity index (χ3n) is 4.12. The standard InChI is InChI=1S/C18H32.FH/c1-7-9-11-15(3)17(5)13-14-18(6)16(4)12-10-8-2;/h7,9,11,16-18H,1,3,8,10,12-14H2,2,4-6H3;1H/b11-9-;. The molecule has 0 rings (SSSR count). The largest absolute Gasteiger partial charge is 0.269 e. The molecule has 3 atom stereocenters. The van der Waals surface area contributed by atoms with Gasteiger partial charge >= 0.3 is 0 Å². The molecule has 0 aliphatic carbocycles. The van der Waals surface area contributed by atoms with Gasteiger partial charge in [0.2, 0.25) is 0 Å². The van der Waals surface area contributed by atoms with Crippen molar-refractivity contribution in [2.75, 3.05) is 0 Å². The highest BCUT2D eigenvalue weighted by molar-refractivity contribution is 5.20. The topological polar surface area (TPSA) is 0 Å². The summed E-state index contributed by atoms with van der Waals surface area (Å²) in [4.78, 5) is 0. The number of halogens is 1. The highest BCUT2D eigenvalue weighted by atomic mass is 19.0. The van der Waals surface area contributed by atoms with E-state index in [1.54, 1.807) is 0 Å². The summed E-state index contributed by atoms with van der Waals surface area (Å²) in [5.41, 5.74) is 1.23. The SMILES string of the molecule is C=C/C=C\C(=C)C(C)CCC(C)C(C)CCCC.F. The van der Waals surface area contributed by atoms with Crippen molar-refractivity contribution in [3.63, 3.8) is 0 Å². The second-order valence-electron chi connectivity index (χ2n) is 5.74. The molecule has 0 fully saturated rings. The smallest absolute Gasteiger partial charge is 0.0196 e. The summed E-state index contributed by atoms with van der Waals surface area (Å²) >= 11 is 0. The molecule has 112 valence electrons. The molecule has 0 saturated carbocycles. The van der Waals surface area contributed by atoms with Gasteiger partial charge in [0.25, 0.3) is 0 Å². The van der Waals surface area contributed by atoms with Crippen LogP contribution in [-0.4, -0.2) is 0 Å². The molecule has 0 saturated heterocycles. The Morgan fingerprint density at radius 1 is 1.05 bits per heavy atom. The lowest BCUT2D eigenvalue weighted by Gasteiger charge is -2.21. The van der Waals surface area contributed by atoms with E-state index in [0.29, 0.717) is 5.92 Å². The third kappa shape index (κ3) is 9.69. The van der Waals surface area contributed by atoms with Gasteiger partial charge in [-0.05, 0) is 30.6 Å². The second kappa shape index (κ2) is 12.2. The molecule has 0 nitrogen and oxygen atoms in total. The van der Waals surface area contributed by atoms with Gasteiger partial charge < -0.3 is 0 Å². The van der Waals surface area contributed by atoms with Crippen molar-refractivity contribution < 1.29 is 4.70 Å². The number of rotatable bonds is 10. The molecule has 0 N–H and O–H groups in total. The maximum absolute atomic E-state index is 4.13. The zero-order valence-electron chi connectivity index (χ0n) is 13.3. The first-order chi connectivity index (χ1) is 8.52. The maximum atomic E-state index is 4.13. The van der Waals surface area contributed by atoms with E-state index in [-0.39, 0.29) is 4.70 Å². The number of hydrogen-bond acceptors (Lipinski definition) is 0. The number of hydrogen-bond donors (Lipinski definition) is 0. The first-order valence-electron chi connectivity index (χ1n) is 7.50. The molecule has 0 amide bonds. The summed E-state index contributed by atoms with van der Waals surface area (Å²) in [6, 6.07) is 0. The van der Waals surface area contributed by atoms with Gasteiger partial charge in [-0.3, -0.25) is 4.70 Å². The van der Waals surface area contributed by atoms with Crippen LogP contribution < -0.4 is 0 Å². The summed E-state index contributed by atoms with van der Waals surface area (Å²) in [6.07, 6.45) is 12.5. The molecule has 1 heteroatoms. The predicted octanol–water partition coefficient (Wildman–Crippen LogP) is 6.32. The Morgan fingerprint density at radius 3 is 2.16 bits per heavy atom. The van der Waals surface area contributed by atoms with E-state index in [1.807, 2.05) is 12.2 Å². The van der Waals surface area contributed by atoms with Crippen LogP contribution in [0.15, 0.2) is 37.0 Å². The second-order valence-corrected chi connectivity index (χ2v) is 5.74. The molecule has 19 heavy (non-hydrogen) atoms. The molecular formula is C18H33F. The van der Waals surface area contributed by atoms with Gasteiger partial charge in [-0.15, -0.1) is 0 Å². The Balaban J connectivity index is 0. The van der Waals surface area contributed by atoms with Gasteiger partial charge in [0, 0.05) is 0 Å². The Hall–Kier alpha value is -0.850. The average Bonchev–Trinajstić information content (AvgIpc) is 2.38. The van der Waals surface area contributed by atoms with Crippen LogP contribution in [0.5, 0.6) is 0 Å². The van der Waals surface area contributed by atoms with E-state index in [0.717, 1.165) is 11.8 Å². The molecule has 0 aromatic rings. The van der Waals surface area contributed by atoms with Crippen molar-refractivity contribution >= 4 is 0 Å². The van der Waals surface area contributed by atoms with Gasteiger partial charge in [0.15, 0.2) is 0 Å². The monoisotopic (exact) mass is 268 g/mol. The zero-order valence-corrected chi connectivity index (χ0v) is 13.3. The van der Waals surface area contributed by atoms with Crippen LogP contribution in [0.1, 0.15) is 59.8 Å². The van der Waals surface area contributed by atoms with Gasteiger partial charge in [-0.25, -0.2) is 0 Å². The Kier molecular flexibility index (Phi) is 13.1. The minimum Gasteiger partial charge on any atom is -0.269 e. The van der Waals surface area contributed by atoms with Crippen LogP contribution in [0.2, 0.25) is 0 Å². The lowest BCUT2D eigenvalue weighted by atomic mass is 9.84. The molecule has 3 unspecified atom stereocenters. The van der Waals surface area contributed by atoms with Crippen LogP contribution >= 0.6 is 0 Å². The van der Waals surface area contributed by atoms with E-state index in [2.05, 4.69) is 46.9 Å². The van der Waals surface area contributed by atoms with E-state index in [1.165, 1.54) is 37.7 Å². The van der Waals surface area contributed by atoms with E-state index >= 15 is 0 Å². The fraction of sp³-hybridized carbons (Fsp3) is 0.667. The van der Waals surface area contributed by atoms with Crippen molar-refractivity contribution in [3.05, 3.63) is 37.0 Å². The molecule has 0 aliphatic rings. The van der Waals surface area contributed by atoms with Crippen LogP contribution in [0.3, 0.4) is 0 Å². The molecular weight excluding hydrogens is 235 g/mol. The van der Waals surface area contributed by atoms with Crippen LogP contribution in [-0.2, 0) is 0 Å². The summed E-state index contributed by atoms with van der Waals surface area (Å²) < 4.78 is 0. The average molecular weight is 268 g/mol. The summed E-state index contributed by atoms with van der Waals surface area (Å²) in [7, 11) is 0. The molecule has 0 aliphatic heterocycles. The van der Waals surface area contributed by atoms with Crippen molar-refractivity contribution in [2.45, 2.75) is 59.8 Å². The van der Waals surface area contributed by atoms with Gasteiger partial charge in [0.05, 0.1) is 0 Å². The quantitative estimate of drug-likeness (QED) is 0.407. The minimum atomic E-state index is 0. The summed E-state index contributed by atoms with van der Waals surface area (Å²) in [5, 5.41) is 0. The Bertz CT molecular complexity index is 265.